The molecule has 1 amide bonds. The Kier molecular flexibility index (Phi) is 4.04. The second-order valence-corrected chi connectivity index (χ2v) is 8.46. The van der Waals surface area contributed by atoms with Crippen molar-refractivity contribution >= 4 is 11.6 Å². The monoisotopic (exact) mass is 346 g/mol. The zero-order chi connectivity index (χ0) is 17.6. The Balaban J connectivity index is 1.43. The van der Waals surface area contributed by atoms with Crippen LogP contribution in [0.3, 0.4) is 0 Å². The summed E-state index contributed by atoms with van der Waals surface area (Å²) < 4.78 is 1.35. The first-order valence-corrected chi connectivity index (χ1v) is 9.43. The van der Waals surface area contributed by atoms with Crippen molar-refractivity contribution in [1.82, 2.24) is 15.1 Å². The molecule has 4 aliphatic rings. The SMILES string of the molecule is CCC(NC(=O)Cn1cc([N+](=O)[O-])cn1)C12CC3CC(CC(C3)C1)C2. The molecule has 4 bridgehead atoms. The highest BCUT2D eigenvalue weighted by Gasteiger charge is 2.53. The van der Waals surface area contributed by atoms with Gasteiger partial charge in [-0.25, -0.2) is 0 Å². The van der Waals surface area contributed by atoms with E-state index in [4.69, 9.17) is 0 Å². The maximum Gasteiger partial charge on any atom is 0.307 e. The first-order chi connectivity index (χ1) is 12.0. The fourth-order valence-electron chi connectivity index (χ4n) is 6.21. The van der Waals surface area contributed by atoms with Crippen molar-refractivity contribution in [2.24, 2.45) is 23.2 Å². The van der Waals surface area contributed by atoms with Crippen LogP contribution >= 0.6 is 0 Å². The van der Waals surface area contributed by atoms with Crippen LogP contribution < -0.4 is 5.32 Å². The topological polar surface area (TPSA) is 90.1 Å². The fourth-order valence-corrected chi connectivity index (χ4v) is 6.21. The Labute approximate surface area is 147 Å². The van der Waals surface area contributed by atoms with Gasteiger partial charge in [0.15, 0.2) is 0 Å². The van der Waals surface area contributed by atoms with Crippen LogP contribution in [0, 0.1) is 33.3 Å². The van der Waals surface area contributed by atoms with Gasteiger partial charge in [-0.15, -0.1) is 0 Å². The third-order valence-electron chi connectivity index (χ3n) is 6.70. The molecule has 4 aliphatic carbocycles. The summed E-state index contributed by atoms with van der Waals surface area (Å²) in [6.07, 6.45) is 11.4. The summed E-state index contributed by atoms with van der Waals surface area (Å²) in [5, 5.41) is 17.9. The Morgan fingerprint density at radius 1 is 1.36 bits per heavy atom. The minimum absolute atomic E-state index is 0.0384. The van der Waals surface area contributed by atoms with Gasteiger partial charge in [0.05, 0.1) is 4.92 Å². The predicted molar refractivity (Wildman–Crippen MR) is 91.7 cm³/mol. The number of rotatable bonds is 6. The maximum absolute atomic E-state index is 12.5. The van der Waals surface area contributed by atoms with Crippen LogP contribution in [0.25, 0.3) is 0 Å². The molecule has 1 N–H and O–H groups in total. The summed E-state index contributed by atoms with van der Waals surface area (Å²) in [4.78, 5) is 22.8. The lowest BCUT2D eigenvalue weighted by molar-refractivity contribution is -0.385. The van der Waals surface area contributed by atoms with Crippen molar-refractivity contribution in [3.05, 3.63) is 22.5 Å². The molecule has 0 saturated heterocycles. The van der Waals surface area contributed by atoms with E-state index in [1.807, 2.05) is 0 Å². The second kappa shape index (κ2) is 6.11. The van der Waals surface area contributed by atoms with Crippen LogP contribution in [0.4, 0.5) is 5.69 Å². The highest BCUT2D eigenvalue weighted by Crippen LogP contribution is 2.61. The average molecular weight is 346 g/mol. The Bertz CT molecular complexity index is 648. The summed E-state index contributed by atoms with van der Waals surface area (Å²) in [7, 11) is 0. The number of nitrogens with one attached hydrogen (secondary N) is 1. The average Bonchev–Trinajstić information content (AvgIpc) is 3.00. The first kappa shape index (κ1) is 16.5. The summed E-state index contributed by atoms with van der Waals surface area (Å²) >= 11 is 0. The van der Waals surface area contributed by atoms with Crippen molar-refractivity contribution in [2.45, 2.75) is 64.5 Å². The third kappa shape index (κ3) is 3.04. The van der Waals surface area contributed by atoms with E-state index < -0.39 is 4.92 Å². The second-order valence-electron chi connectivity index (χ2n) is 8.46. The molecule has 7 nitrogen and oxygen atoms in total. The van der Waals surface area contributed by atoms with Crippen LogP contribution in [-0.2, 0) is 11.3 Å². The normalized spacial score (nSPS) is 34.0. The molecule has 1 unspecified atom stereocenters. The smallest absolute Gasteiger partial charge is 0.307 e. The number of hydrogen-bond donors (Lipinski definition) is 1. The molecule has 136 valence electrons. The van der Waals surface area contributed by atoms with Gasteiger partial charge < -0.3 is 5.32 Å². The molecule has 4 saturated carbocycles. The standard InChI is InChI=1S/C18H26N4O3/c1-2-16(18-6-12-3-13(7-18)5-14(4-12)8-18)20-17(23)11-21-10-15(9-19-21)22(24)25/h9-10,12-14,16H,2-8,11H2,1H3,(H,20,23). The van der Waals surface area contributed by atoms with Gasteiger partial charge in [0.1, 0.15) is 18.9 Å². The number of nitrogens with zero attached hydrogens (tertiary/aromatic N) is 3. The van der Waals surface area contributed by atoms with Crippen molar-refractivity contribution < 1.29 is 9.72 Å². The molecular weight excluding hydrogens is 320 g/mol. The highest BCUT2D eigenvalue weighted by atomic mass is 16.6. The zero-order valence-electron chi connectivity index (χ0n) is 14.7. The zero-order valence-corrected chi connectivity index (χ0v) is 14.7. The van der Waals surface area contributed by atoms with Crippen LogP contribution in [-0.4, -0.2) is 26.7 Å². The maximum atomic E-state index is 12.5. The number of aromatic nitrogens is 2. The van der Waals surface area contributed by atoms with Gasteiger partial charge >= 0.3 is 5.69 Å². The van der Waals surface area contributed by atoms with E-state index in [0.29, 0.717) is 0 Å². The molecule has 25 heavy (non-hydrogen) atoms. The summed E-state index contributed by atoms with van der Waals surface area (Å²) in [6.45, 7) is 2.19. The molecule has 5 rings (SSSR count). The van der Waals surface area contributed by atoms with Crippen molar-refractivity contribution in [3.63, 3.8) is 0 Å². The van der Waals surface area contributed by atoms with E-state index in [1.54, 1.807) is 0 Å². The van der Waals surface area contributed by atoms with Crippen molar-refractivity contribution in [2.75, 3.05) is 0 Å². The largest absolute Gasteiger partial charge is 0.351 e. The molecule has 0 spiro atoms. The van der Waals surface area contributed by atoms with Crippen molar-refractivity contribution in [3.8, 4) is 0 Å². The Hall–Kier alpha value is -1.92. The summed E-state index contributed by atoms with van der Waals surface area (Å²) in [6, 6.07) is 0.207. The van der Waals surface area contributed by atoms with Gasteiger partial charge in [-0.1, -0.05) is 6.92 Å². The van der Waals surface area contributed by atoms with Gasteiger partial charge in [-0.2, -0.15) is 5.10 Å². The van der Waals surface area contributed by atoms with E-state index >= 15 is 0 Å². The lowest BCUT2D eigenvalue weighted by Gasteiger charge is -2.59. The molecule has 1 atom stereocenters. The number of carbonyl (C=O) groups is 1. The summed E-state index contributed by atoms with van der Waals surface area (Å²) in [5.41, 5.74) is 0.191. The number of carbonyl (C=O) groups excluding carboxylic acids is 1. The Morgan fingerprint density at radius 2 is 1.96 bits per heavy atom. The van der Waals surface area contributed by atoms with Gasteiger partial charge in [-0.3, -0.25) is 19.6 Å². The third-order valence-corrected chi connectivity index (χ3v) is 6.70. The van der Waals surface area contributed by atoms with Crippen molar-refractivity contribution in [1.29, 1.82) is 0 Å². The summed E-state index contributed by atoms with van der Waals surface area (Å²) in [5.74, 6) is 2.46. The molecule has 0 radical (unpaired) electrons. The molecule has 1 aromatic heterocycles. The number of nitro groups is 1. The first-order valence-electron chi connectivity index (χ1n) is 9.43. The minimum atomic E-state index is -0.494. The van der Waals surface area contributed by atoms with Gasteiger partial charge in [0.25, 0.3) is 0 Å². The molecular formula is C18H26N4O3. The van der Waals surface area contributed by atoms with Crippen LogP contribution in [0.1, 0.15) is 51.9 Å². The van der Waals surface area contributed by atoms with Crippen LogP contribution in [0.2, 0.25) is 0 Å². The molecule has 0 aromatic carbocycles. The highest BCUT2D eigenvalue weighted by molar-refractivity contribution is 5.76. The number of hydrogen-bond acceptors (Lipinski definition) is 4. The molecule has 1 heterocycles. The lowest BCUT2D eigenvalue weighted by Crippen LogP contribution is -2.57. The Morgan fingerprint density at radius 3 is 2.44 bits per heavy atom. The van der Waals surface area contributed by atoms with E-state index in [1.165, 1.54) is 55.6 Å². The van der Waals surface area contributed by atoms with E-state index in [9.17, 15) is 14.9 Å². The molecule has 4 fully saturated rings. The quantitative estimate of drug-likeness (QED) is 0.633. The molecule has 0 aliphatic heterocycles. The van der Waals surface area contributed by atoms with E-state index in [0.717, 1.165) is 24.2 Å². The minimum Gasteiger partial charge on any atom is -0.351 e. The van der Waals surface area contributed by atoms with E-state index in [-0.39, 0.29) is 29.6 Å². The molecule has 1 aromatic rings. The van der Waals surface area contributed by atoms with Crippen LogP contribution in [0.15, 0.2) is 12.4 Å². The van der Waals surface area contributed by atoms with Crippen LogP contribution in [0.5, 0.6) is 0 Å². The predicted octanol–water partition coefficient (Wildman–Crippen LogP) is 2.90. The lowest BCUT2D eigenvalue weighted by atomic mass is 9.47. The van der Waals surface area contributed by atoms with E-state index in [2.05, 4.69) is 17.3 Å². The van der Waals surface area contributed by atoms with Gasteiger partial charge in [0, 0.05) is 6.04 Å². The fraction of sp³-hybridized carbons (Fsp3) is 0.778. The van der Waals surface area contributed by atoms with Gasteiger partial charge in [0.2, 0.25) is 5.91 Å². The molecule has 7 heteroatoms. The number of amides is 1. The van der Waals surface area contributed by atoms with Gasteiger partial charge in [-0.05, 0) is 68.1 Å².